The molecule has 3 nitrogen and oxygen atoms in total. The van der Waals surface area contributed by atoms with Crippen molar-refractivity contribution in [2.75, 3.05) is 20.2 Å². The third-order valence-electron chi connectivity index (χ3n) is 4.80. The molecule has 1 fully saturated rings. The molecule has 2 rings (SSSR count). The summed E-state index contributed by atoms with van der Waals surface area (Å²) in [5.74, 6) is 2.25. The molecule has 1 saturated heterocycles. The van der Waals surface area contributed by atoms with Crippen LogP contribution in [0.25, 0.3) is 0 Å². The first-order chi connectivity index (χ1) is 9.89. The first-order valence-electron chi connectivity index (χ1n) is 8.26. The van der Waals surface area contributed by atoms with Gasteiger partial charge in [-0.15, -0.1) is 0 Å². The molecule has 0 amide bonds. The molecule has 0 aromatic carbocycles. The van der Waals surface area contributed by atoms with Crippen molar-refractivity contribution in [3.05, 3.63) is 24.2 Å². The zero-order chi connectivity index (χ0) is 15.5. The number of hydrogen-bond acceptors (Lipinski definition) is 3. The Kier molecular flexibility index (Phi) is 5.50. The summed E-state index contributed by atoms with van der Waals surface area (Å²) in [6.45, 7) is 11.0. The molecule has 1 aromatic heterocycles. The summed E-state index contributed by atoms with van der Waals surface area (Å²) in [6, 6.07) is 4.75. The molecule has 1 aliphatic heterocycles. The summed E-state index contributed by atoms with van der Waals surface area (Å²) in [5, 5.41) is 0. The van der Waals surface area contributed by atoms with Crippen LogP contribution in [0.3, 0.4) is 0 Å². The minimum atomic E-state index is 0.0234. The van der Waals surface area contributed by atoms with E-state index in [1.54, 1.807) is 6.26 Å². The third-order valence-corrected chi connectivity index (χ3v) is 4.80. The minimum Gasteiger partial charge on any atom is -0.469 e. The first-order valence-corrected chi connectivity index (χ1v) is 8.26. The van der Waals surface area contributed by atoms with E-state index in [1.807, 2.05) is 6.07 Å². The van der Waals surface area contributed by atoms with E-state index in [2.05, 4.69) is 45.7 Å². The van der Waals surface area contributed by atoms with Crippen molar-refractivity contribution in [1.82, 2.24) is 4.90 Å². The Hall–Kier alpha value is -0.800. The van der Waals surface area contributed by atoms with Crippen molar-refractivity contribution in [2.24, 2.45) is 5.92 Å². The van der Waals surface area contributed by atoms with Gasteiger partial charge in [-0.1, -0.05) is 13.8 Å². The highest BCUT2D eigenvalue weighted by Crippen LogP contribution is 2.30. The largest absolute Gasteiger partial charge is 0.469 e. The molecule has 1 aliphatic rings. The Labute approximate surface area is 129 Å². The second-order valence-electron chi connectivity index (χ2n) is 7.39. The van der Waals surface area contributed by atoms with Crippen LogP contribution in [-0.4, -0.2) is 36.7 Å². The zero-order valence-electron chi connectivity index (χ0n) is 14.3. The Morgan fingerprint density at radius 1 is 1.38 bits per heavy atom. The number of ether oxygens (including phenoxy) is 1. The van der Waals surface area contributed by atoms with E-state index in [0.29, 0.717) is 17.9 Å². The maximum atomic E-state index is 5.83. The second-order valence-corrected chi connectivity index (χ2v) is 7.39. The molecular weight excluding hydrogens is 262 g/mol. The Bertz CT molecular complexity index is 411. The summed E-state index contributed by atoms with van der Waals surface area (Å²) >= 11 is 0. The molecular formula is C18H31NO2. The topological polar surface area (TPSA) is 25.6 Å². The average Bonchev–Trinajstić information content (AvgIpc) is 2.91. The van der Waals surface area contributed by atoms with Crippen LogP contribution in [-0.2, 0) is 4.74 Å². The van der Waals surface area contributed by atoms with E-state index < -0.39 is 0 Å². The standard InChI is InChI=1S/C18H31NO2/c1-14(2)16(17-7-6-11-20-17)8-10-19(5)15-9-12-21-18(3,4)13-15/h6-7,11,14-16H,8-10,12-13H2,1-5H3/t15-,16-/m1/s1. The minimum absolute atomic E-state index is 0.0234. The zero-order valence-corrected chi connectivity index (χ0v) is 14.3. The summed E-state index contributed by atoms with van der Waals surface area (Å²) in [7, 11) is 2.26. The fourth-order valence-corrected chi connectivity index (χ4v) is 3.41. The van der Waals surface area contributed by atoms with Crippen LogP contribution >= 0.6 is 0 Å². The molecule has 3 heteroatoms. The van der Waals surface area contributed by atoms with E-state index in [4.69, 9.17) is 9.15 Å². The van der Waals surface area contributed by atoms with E-state index in [-0.39, 0.29) is 5.60 Å². The molecule has 0 unspecified atom stereocenters. The quantitative estimate of drug-likeness (QED) is 0.782. The highest BCUT2D eigenvalue weighted by molar-refractivity contribution is 5.06. The Morgan fingerprint density at radius 3 is 2.71 bits per heavy atom. The van der Waals surface area contributed by atoms with Gasteiger partial charge in [0, 0.05) is 18.6 Å². The van der Waals surface area contributed by atoms with Gasteiger partial charge in [0.1, 0.15) is 5.76 Å². The van der Waals surface area contributed by atoms with Crippen LogP contribution in [0.5, 0.6) is 0 Å². The SMILES string of the molecule is CC(C)[C@@H](CCN(C)[C@@H]1CCOC(C)(C)C1)c1ccco1. The molecule has 0 aliphatic carbocycles. The van der Waals surface area contributed by atoms with E-state index >= 15 is 0 Å². The fourth-order valence-electron chi connectivity index (χ4n) is 3.41. The van der Waals surface area contributed by atoms with Gasteiger partial charge in [0.25, 0.3) is 0 Å². The summed E-state index contributed by atoms with van der Waals surface area (Å²) < 4.78 is 11.5. The molecule has 2 heterocycles. The van der Waals surface area contributed by atoms with Gasteiger partial charge < -0.3 is 14.1 Å². The molecule has 0 saturated carbocycles. The smallest absolute Gasteiger partial charge is 0.107 e. The normalized spacial score (nSPS) is 23.7. The van der Waals surface area contributed by atoms with Gasteiger partial charge >= 0.3 is 0 Å². The Morgan fingerprint density at radius 2 is 2.14 bits per heavy atom. The van der Waals surface area contributed by atoms with Gasteiger partial charge in [-0.3, -0.25) is 0 Å². The summed E-state index contributed by atoms with van der Waals surface area (Å²) in [6.07, 6.45) is 5.21. The van der Waals surface area contributed by atoms with Gasteiger partial charge in [-0.2, -0.15) is 0 Å². The lowest BCUT2D eigenvalue weighted by atomic mass is 9.89. The van der Waals surface area contributed by atoms with Gasteiger partial charge in [0.2, 0.25) is 0 Å². The monoisotopic (exact) mass is 293 g/mol. The van der Waals surface area contributed by atoms with Crippen molar-refractivity contribution in [2.45, 2.75) is 64.5 Å². The first kappa shape index (κ1) is 16.6. The van der Waals surface area contributed by atoms with Crippen LogP contribution in [0.2, 0.25) is 0 Å². The lowest BCUT2D eigenvalue weighted by molar-refractivity contribution is -0.0802. The number of rotatable bonds is 6. The Balaban J connectivity index is 1.88. The van der Waals surface area contributed by atoms with Gasteiger partial charge in [0.05, 0.1) is 11.9 Å². The van der Waals surface area contributed by atoms with Gasteiger partial charge in [0.15, 0.2) is 0 Å². The average molecular weight is 293 g/mol. The van der Waals surface area contributed by atoms with Crippen molar-refractivity contribution >= 4 is 0 Å². The predicted octanol–water partition coefficient (Wildman–Crippen LogP) is 4.30. The molecule has 0 bridgehead atoms. The molecule has 21 heavy (non-hydrogen) atoms. The van der Waals surface area contributed by atoms with Crippen LogP contribution in [0.4, 0.5) is 0 Å². The lowest BCUT2D eigenvalue weighted by Crippen LogP contribution is -2.45. The molecule has 0 radical (unpaired) electrons. The molecule has 1 aromatic rings. The van der Waals surface area contributed by atoms with Crippen molar-refractivity contribution in [1.29, 1.82) is 0 Å². The van der Waals surface area contributed by atoms with E-state index in [1.165, 1.54) is 0 Å². The third kappa shape index (κ3) is 4.58. The molecule has 2 atom stereocenters. The number of hydrogen-bond donors (Lipinski definition) is 0. The highest BCUT2D eigenvalue weighted by atomic mass is 16.5. The van der Waals surface area contributed by atoms with Crippen molar-refractivity contribution in [3.8, 4) is 0 Å². The molecule has 0 N–H and O–H groups in total. The molecule has 0 spiro atoms. The van der Waals surface area contributed by atoms with Crippen LogP contribution < -0.4 is 0 Å². The predicted molar refractivity (Wildman–Crippen MR) is 86.6 cm³/mol. The summed E-state index contributed by atoms with van der Waals surface area (Å²) in [4.78, 5) is 2.52. The van der Waals surface area contributed by atoms with Crippen molar-refractivity contribution in [3.63, 3.8) is 0 Å². The number of furan rings is 1. The fraction of sp³-hybridized carbons (Fsp3) is 0.778. The number of nitrogens with zero attached hydrogens (tertiary/aromatic N) is 1. The maximum Gasteiger partial charge on any atom is 0.107 e. The van der Waals surface area contributed by atoms with Crippen LogP contribution in [0.1, 0.15) is 58.6 Å². The highest BCUT2D eigenvalue weighted by Gasteiger charge is 2.31. The maximum absolute atomic E-state index is 5.83. The van der Waals surface area contributed by atoms with Gasteiger partial charge in [-0.25, -0.2) is 0 Å². The molecule has 120 valence electrons. The van der Waals surface area contributed by atoms with Gasteiger partial charge in [-0.05, 0) is 64.8 Å². The van der Waals surface area contributed by atoms with Crippen LogP contribution in [0, 0.1) is 5.92 Å². The summed E-state index contributed by atoms with van der Waals surface area (Å²) in [5.41, 5.74) is 0.0234. The van der Waals surface area contributed by atoms with Crippen molar-refractivity contribution < 1.29 is 9.15 Å². The van der Waals surface area contributed by atoms with Crippen LogP contribution in [0.15, 0.2) is 22.8 Å². The van der Waals surface area contributed by atoms with E-state index in [9.17, 15) is 0 Å². The second kappa shape index (κ2) is 6.97. The lowest BCUT2D eigenvalue weighted by Gasteiger charge is -2.40. The van der Waals surface area contributed by atoms with E-state index in [0.717, 1.165) is 38.2 Å².